The van der Waals surface area contributed by atoms with Crippen molar-refractivity contribution in [2.45, 2.75) is 23.8 Å². The molecule has 7 heteroatoms. The predicted octanol–water partition coefficient (Wildman–Crippen LogP) is 1.21. The third-order valence-electron chi connectivity index (χ3n) is 3.56. The zero-order chi connectivity index (χ0) is 14.4. The van der Waals surface area contributed by atoms with Gasteiger partial charge in [-0.3, -0.25) is 0 Å². The van der Waals surface area contributed by atoms with Crippen molar-refractivity contribution in [3.8, 4) is 0 Å². The summed E-state index contributed by atoms with van der Waals surface area (Å²) in [7, 11) is -3.60. The van der Waals surface area contributed by atoms with Gasteiger partial charge < -0.3 is 15.5 Å². The standard InChI is InChI=1S/C13H17N3O3S/c1-13(4-5-19-8-13)16-20(17,18)12-7-15-11-6-9(14)2-3-10(11)12/h2-3,6-7,15-16H,4-5,8,14H2,1H3. The van der Waals surface area contributed by atoms with Crippen LogP contribution in [-0.4, -0.2) is 32.2 Å². The van der Waals surface area contributed by atoms with E-state index in [0.29, 0.717) is 36.2 Å². The molecule has 0 amide bonds. The fraction of sp³-hybridized carbons (Fsp3) is 0.385. The van der Waals surface area contributed by atoms with Gasteiger partial charge in [-0.1, -0.05) is 0 Å². The number of anilines is 1. The zero-order valence-corrected chi connectivity index (χ0v) is 12.0. The highest BCUT2D eigenvalue weighted by Gasteiger charge is 2.35. The summed E-state index contributed by atoms with van der Waals surface area (Å²) in [5.74, 6) is 0. The Morgan fingerprint density at radius 1 is 1.45 bits per heavy atom. The average molecular weight is 295 g/mol. The molecule has 0 spiro atoms. The maximum absolute atomic E-state index is 12.5. The molecule has 6 nitrogen and oxygen atoms in total. The van der Waals surface area contributed by atoms with E-state index in [1.54, 1.807) is 18.2 Å². The number of nitrogen functional groups attached to an aromatic ring is 1. The summed E-state index contributed by atoms with van der Waals surface area (Å²) in [4.78, 5) is 3.18. The molecular formula is C13H17N3O3S. The minimum atomic E-state index is -3.60. The van der Waals surface area contributed by atoms with Crippen LogP contribution in [0.3, 0.4) is 0 Å². The fourth-order valence-electron chi connectivity index (χ4n) is 2.47. The van der Waals surface area contributed by atoms with Crippen LogP contribution < -0.4 is 10.5 Å². The van der Waals surface area contributed by atoms with E-state index in [1.807, 2.05) is 6.92 Å². The van der Waals surface area contributed by atoms with E-state index in [9.17, 15) is 8.42 Å². The molecule has 4 N–H and O–H groups in total. The average Bonchev–Trinajstić information content (AvgIpc) is 2.94. The minimum Gasteiger partial charge on any atom is -0.399 e. The zero-order valence-electron chi connectivity index (χ0n) is 11.1. The number of nitrogens with one attached hydrogen (secondary N) is 2. The highest BCUT2D eigenvalue weighted by atomic mass is 32.2. The summed E-state index contributed by atoms with van der Waals surface area (Å²) in [6.45, 7) is 2.81. The maximum Gasteiger partial charge on any atom is 0.243 e. The number of hydrogen-bond acceptors (Lipinski definition) is 4. The molecule has 3 rings (SSSR count). The van der Waals surface area contributed by atoms with E-state index in [1.165, 1.54) is 6.20 Å². The van der Waals surface area contributed by atoms with Gasteiger partial charge >= 0.3 is 0 Å². The van der Waals surface area contributed by atoms with E-state index < -0.39 is 15.6 Å². The summed E-state index contributed by atoms with van der Waals surface area (Å²) in [5, 5.41) is 0.634. The molecule has 1 fully saturated rings. The summed E-state index contributed by atoms with van der Waals surface area (Å²) >= 11 is 0. The smallest absolute Gasteiger partial charge is 0.243 e. The lowest BCUT2D eigenvalue weighted by Gasteiger charge is -2.22. The number of nitrogens with two attached hydrogens (primary N) is 1. The lowest BCUT2D eigenvalue weighted by atomic mass is 10.0. The van der Waals surface area contributed by atoms with Crippen LogP contribution in [0.25, 0.3) is 10.9 Å². The maximum atomic E-state index is 12.5. The van der Waals surface area contributed by atoms with Crippen LogP contribution >= 0.6 is 0 Å². The second-order valence-corrected chi connectivity index (χ2v) is 7.08. The highest BCUT2D eigenvalue weighted by Crippen LogP contribution is 2.27. The Balaban J connectivity index is 2.01. The molecule has 0 bridgehead atoms. The molecule has 2 heterocycles. The summed E-state index contributed by atoms with van der Waals surface area (Å²) in [5.41, 5.74) is 6.45. The molecule has 1 atom stereocenters. The Morgan fingerprint density at radius 3 is 2.95 bits per heavy atom. The second kappa shape index (κ2) is 4.47. The number of ether oxygens (including phenoxy) is 1. The number of H-pyrrole nitrogens is 1. The molecule has 108 valence electrons. The largest absolute Gasteiger partial charge is 0.399 e. The number of aromatic amines is 1. The molecule has 2 aromatic rings. The first-order valence-corrected chi connectivity index (χ1v) is 7.86. The summed E-state index contributed by atoms with van der Waals surface area (Å²) in [6, 6.07) is 5.12. The van der Waals surface area contributed by atoms with Gasteiger partial charge in [0.15, 0.2) is 0 Å². The Bertz CT molecular complexity index is 745. The van der Waals surface area contributed by atoms with E-state index >= 15 is 0 Å². The summed E-state index contributed by atoms with van der Waals surface area (Å²) in [6.07, 6.45) is 2.16. The minimum absolute atomic E-state index is 0.237. The normalized spacial score (nSPS) is 23.4. The highest BCUT2D eigenvalue weighted by molar-refractivity contribution is 7.89. The van der Waals surface area contributed by atoms with Crippen molar-refractivity contribution in [1.82, 2.24) is 9.71 Å². The van der Waals surface area contributed by atoms with Crippen molar-refractivity contribution in [2.24, 2.45) is 0 Å². The molecular weight excluding hydrogens is 278 g/mol. The van der Waals surface area contributed by atoms with Crippen LogP contribution in [0.1, 0.15) is 13.3 Å². The number of fused-ring (bicyclic) bond motifs is 1. The topological polar surface area (TPSA) is 97.2 Å². The molecule has 20 heavy (non-hydrogen) atoms. The van der Waals surface area contributed by atoms with Crippen molar-refractivity contribution < 1.29 is 13.2 Å². The van der Waals surface area contributed by atoms with Crippen LogP contribution in [0.4, 0.5) is 5.69 Å². The molecule has 0 saturated carbocycles. The first kappa shape index (κ1) is 13.4. The van der Waals surface area contributed by atoms with Crippen LogP contribution in [0.2, 0.25) is 0 Å². The van der Waals surface area contributed by atoms with Crippen LogP contribution in [-0.2, 0) is 14.8 Å². The third-order valence-corrected chi connectivity index (χ3v) is 5.24. The lowest BCUT2D eigenvalue weighted by molar-refractivity contribution is 0.178. The third kappa shape index (κ3) is 2.28. The molecule has 0 aliphatic carbocycles. The number of aromatic nitrogens is 1. The van der Waals surface area contributed by atoms with Crippen molar-refractivity contribution in [1.29, 1.82) is 0 Å². The molecule has 1 aromatic heterocycles. The van der Waals surface area contributed by atoms with Crippen LogP contribution in [0.15, 0.2) is 29.3 Å². The van der Waals surface area contributed by atoms with Gasteiger partial charge in [-0.25, -0.2) is 13.1 Å². The van der Waals surface area contributed by atoms with Gasteiger partial charge in [0.1, 0.15) is 4.90 Å². The number of benzene rings is 1. The predicted molar refractivity (Wildman–Crippen MR) is 76.9 cm³/mol. The first-order chi connectivity index (χ1) is 9.40. The molecule has 1 unspecified atom stereocenters. The Kier molecular flexibility index (Phi) is 3.00. The van der Waals surface area contributed by atoms with Crippen molar-refractivity contribution in [3.05, 3.63) is 24.4 Å². The van der Waals surface area contributed by atoms with Gasteiger partial charge in [-0.05, 0) is 31.5 Å². The Hall–Kier alpha value is -1.57. The molecule has 1 saturated heterocycles. The van der Waals surface area contributed by atoms with Crippen molar-refractivity contribution >= 4 is 26.6 Å². The van der Waals surface area contributed by atoms with Gasteiger partial charge in [0.25, 0.3) is 0 Å². The van der Waals surface area contributed by atoms with E-state index in [4.69, 9.17) is 10.5 Å². The second-order valence-electron chi connectivity index (χ2n) is 5.43. The van der Waals surface area contributed by atoms with E-state index in [2.05, 4.69) is 9.71 Å². The van der Waals surface area contributed by atoms with Crippen molar-refractivity contribution in [2.75, 3.05) is 18.9 Å². The van der Waals surface area contributed by atoms with Gasteiger partial charge in [-0.2, -0.15) is 0 Å². The number of rotatable bonds is 3. The Labute approximate surface area is 117 Å². The molecule has 0 radical (unpaired) electrons. The van der Waals surface area contributed by atoms with Crippen molar-refractivity contribution in [3.63, 3.8) is 0 Å². The lowest BCUT2D eigenvalue weighted by Crippen LogP contribution is -2.46. The molecule has 1 aliphatic heterocycles. The number of sulfonamides is 1. The first-order valence-electron chi connectivity index (χ1n) is 6.38. The van der Waals surface area contributed by atoms with Gasteiger partial charge in [0.2, 0.25) is 10.0 Å². The quantitative estimate of drug-likeness (QED) is 0.741. The van der Waals surface area contributed by atoms with E-state index in [-0.39, 0.29) is 4.90 Å². The number of hydrogen-bond donors (Lipinski definition) is 3. The van der Waals surface area contributed by atoms with E-state index in [0.717, 1.165) is 0 Å². The van der Waals surface area contributed by atoms with Gasteiger partial charge in [-0.15, -0.1) is 0 Å². The SMILES string of the molecule is CC1(NS(=O)(=O)c2c[nH]c3cc(N)ccc23)CCOC1. The monoisotopic (exact) mass is 295 g/mol. The van der Waals surface area contributed by atoms with Gasteiger partial charge in [0.05, 0.1) is 12.1 Å². The fourth-order valence-corrected chi connectivity index (χ4v) is 4.07. The molecule has 1 aromatic carbocycles. The summed E-state index contributed by atoms with van der Waals surface area (Å²) < 4.78 is 33.1. The van der Waals surface area contributed by atoms with Gasteiger partial charge in [0, 0.05) is 29.4 Å². The Morgan fingerprint density at radius 2 is 2.25 bits per heavy atom. The van der Waals surface area contributed by atoms with Crippen LogP contribution in [0.5, 0.6) is 0 Å². The molecule has 1 aliphatic rings. The van der Waals surface area contributed by atoms with Crippen LogP contribution in [0, 0.1) is 0 Å².